The van der Waals surface area contributed by atoms with Crippen molar-refractivity contribution in [1.82, 2.24) is 10.2 Å². The molecule has 0 radical (unpaired) electrons. The van der Waals surface area contributed by atoms with Crippen LogP contribution in [-0.2, 0) is 13.0 Å². The van der Waals surface area contributed by atoms with Crippen molar-refractivity contribution in [2.45, 2.75) is 32.4 Å². The van der Waals surface area contributed by atoms with Gasteiger partial charge in [0.1, 0.15) is 18.1 Å². The predicted molar refractivity (Wildman–Crippen MR) is 139 cm³/mol. The number of carbonyl (C=O) groups is 2. The number of rotatable bonds is 8. The lowest BCUT2D eigenvalue weighted by molar-refractivity contribution is 0.0699. The maximum Gasteiger partial charge on any atom is 0.286 e. The number of fused-ring (bicyclic) bond motifs is 1. The molecule has 184 valence electrons. The van der Waals surface area contributed by atoms with Crippen molar-refractivity contribution in [1.29, 1.82) is 0 Å². The topological polar surface area (TPSA) is 71.8 Å². The van der Waals surface area contributed by atoms with Gasteiger partial charge in [0.05, 0.1) is 10.9 Å². The number of nitrogens with zero attached hydrogens (tertiary/aromatic N) is 1. The number of benzene rings is 2. The fourth-order valence-corrected chi connectivity index (χ4v) is 5.17. The van der Waals surface area contributed by atoms with E-state index in [0.717, 1.165) is 28.8 Å². The van der Waals surface area contributed by atoms with Crippen LogP contribution in [0.4, 0.5) is 0 Å². The second kappa shape index (κ2) is 10.8. The van der Waals surface area contributed by atoms with Crippen LogP contribution in [0.1, 0.15) is 62.1 Å². The minimum Gasteiger partial charge on any atom is -0.486 e. The average Bonchev–Trinajstić information content (AvgIpc) is 3.63. The zero-order chi connectivity index (χ0) is 24.9. The van der Waals surface area contributed by atoms with Crippen LogP contribution in [0.15, 0.2) is 82.6 Å². The number of nitrogens with one attached hydrogen (secondary N) is 1. The number of ether oxygens (including phenoxy) is 1. The van der Waals surface area contributed by atoms with E-state index in [1.165, 1.54) is 16.9 Å². The number of amides is 2. The van der Waals surface area contributed by atoms with Gasteiger partial charge in [-0.15, -0.1) is 11.3 Å². The molecule has 2 amide bonds. The molecular weight excluding hydrogens is 472 g/mol. The Labute approximate surface area is 214 Å². The summed E-state index contributed by atoms with van der Waals surface area (Å²) < 4.78 is 11.7. The van der Waals surface area contributed by atoms with Crippen molar-refractivity contribution >= 4 is 23.2 Å². The summed E-state index contributed by atoms with van der Waals surface area (Å²) in [6, 6.07) is 23.2. The van der Waals surface area contributed by atoms with Gasteiger partial charge in [0.15, 0.2) is 5.76 Å². The monoisotopic (exact) mass is 500 g/mol. The Kier molecular flexibility index (Phi) is 7.18. The first-order valence-corrected chi connectivity index (χ1v) is 13.0. The zero-order valence-corrected chi connectivity index (χ0v) is 20.9. The standard InChI is InChI=1S/C29H28N2O4S/c1-2-15-30-28(32)25-13-12-23(35-25)19-34-22-11-10-20-14-16-31(29(33)26-9-6-17-36-26)27(24(20)18-22)21-7-4-3-5-8-21/h3-13,17-18,27H,2,14-16,19H2,1H3,(H,30,32). The van der Waals surface area contributed by atoms with Gasteiger partial charge < -0.3 is 19.4 Å². The highest BCUT2D eigenvalue weighted by atomic mass is 32.1. The van der Waals surface area contributed by atoms with Crippen LogP contribution < -0.4 is 10.1 Å². The molecule has 1 atom stereocenters. The van der Waals surface area contributed by atoms with E-state index in [1.54, 1.807) is 12.1 Å². The second-order valence-electron chi connectivity index (χ2n) is 8.71. The summed E-state index contributed by atoms with van der Waals surface area (Å²) in [6.45, 7) is 3.46. The summed E-state index contributed by atoms with van der Waals surface area (Å²) in [6.07, 6.45) is 1.64. The highest BCUT2D eigenvalue weighted by Gasteiger charge is 2.33. The van der Waals surface area contributed by atoms with Gasteiger partial charge in [-0.1, -0.05) is 49.4 Å². The minimum absolute atomic E-state index is 0.0419. The number of hydrogen-bond acceptors (Lipinski definition) is 5. The van der Waals surface area contributed by atoms with Gasteiger partial charge in [-0.25, -0.2) is 0 Å². The lowest BCUT2D eigenvalue weighted by atomic mass is 9.88. The number of hydrogen-bond donors (Lipinski definition) is 1. The molecule has 3 heterocycles. The Morgan fingerprint density at radius 1 is 1.08 bits per heavy atom. The summed E-state index contributed by atoms with van der Waals surface area (Å²) in [4.78, 5) is 28.2. The van der Waals surface area contributed by atoms with Crippen LogP contribution in [0.5, 0.6) is 5.75 Å². The van der Waals surface area contributed by atoms with Crippen LogP contribution >= 0.6 is 11.3 Å². The summed E-state index contributed by atoms with van der Waals surface area (Å²) in [7, 11) is 0. The first-order valence-electron chi connectivity index (χ1n) is 12.2. The minimum atomic E-state index is -0.224. The molecule has 1 aliphatic heterocycles. The van der Waals surface area contributed by atoms with E-state index in [4.69, 9.17) is 9.15 Å². The lowest BCUT2D eigenvalue weighted by Gasteiger charge is -2.37. The van der Waals surface area contributed by atoms with E-state index in [0.29, 0.717) is 24.6 Å². The highest BCUT2D eigenvalue weighted by molar-refractivity contribution is 7.12. The van der Waals surface area contributed by atoms with Gasteiger partial charge in [0.25, 0.3) is 11.8 Å². The third kappa shape index (κ3) is 5.06. The fraction of sp³-hybridized carbons (Fsp3) is 0.241. The lowest BCUT2D eigenvalue weighted by Crippen LogP contribution is -2.40. The van der Waals surface area contributed by atoms with Crippen molar-refractivity contribution in [3.05, 3.63) is 111 Å². The average molecular weight is 501 g/mol. The van der Waals surface area contributed by atoms with Gasteiger partial charge >= 0.3 is 0 Å². The molecule has 5 rings (SSSR count). The second-order valence-corrected chi connectivity index (χ2v) is 9.66. The number of carbonyl (C=O) groups excluding carboxylic acids is 2. The molecule has 1 N–H and O–H groups in total. The van der Waals surface area contributed by atoms with Gasteiger partial charge in [-0.2, -0.15) is 0 Å². The molecule has 0 spiro atoms. The number of furan rings is 1. The molecule has 2 aromatic heterocycles. The van der Waals surface area contributed by atoms with Crippen molar-refractivity contribution in [3.8, 4) is 5.75 Å². The Morgan fingerprint density at radius 2 is 1.94 bits per heavy atom. The Hall–Kier alpha value is -3.84. The normalized spacial score (nSPS) is 14.8. The first-order chi connectivity index (χ1) is 17.6. The highest BCUT2D eigenvalue weighted by Crippen LogP contribution is 2.38. The van der Waals surface area contributed by atoms with E-state index in [-0.39, 0.29) is 30.2 Å². The van der Waals surface area contributed by atoms with Crippen LogP contribution in [0.25, 0.3) is 0 Å². The van der Waals surface area contributed by atoms with Gasteiger partial charge in [-0.3, -0.25) is 9.59 Å². The quantitative estimate of drug-likeness (QED) is 0.330. The maximum atomic E-state index is 13.4. The molecule has 0 fully saturated rings. The molecule has 6 nitrogen and oxygen atoms in total. The zero-order valence-electron chi connectivity index (χ0n) is 20.1. The Balaban J connectivity index is 1.39. The molecule has 2 aromatic carbocycles. The van der Waals surface area contributed by atoms with E-state index < -0.39 is 0 Å². The Morgan fingerprint density at radius 3 is 2.72 bits per heavy atom. The number of thiophene rings is 1. The van der Waals surface area contributed by atoms with Gasteiger partial charge in [0, 0.05) is 13.1 Å². The summed E-state index contributed by atoms with van der Waals surface area (Å²) in [5.41, 5.74) is 3.34. The molecule has 36 heavy (non-hydrogen) atoms. The molecule has 1 unspecified atom stereocenters. The third-order valence-corrected chi connectivity index (χ3v) is 7.11. The largest absolute Gasteiger partial charge is 0.486 e. The van der Waals surface area contributed by atoms with Crippen molar-refractivity contribution in [2.75, 3.05) is 13.1 Å². The maximum absolute atomic E-state index is 13.4. The fourth-order valence-electron chi connectivity index (χ4n) is 4.50. The van der Waals surface area contributed by atoms with Crippen LogP contribution in [-0.4, -0.2) is 29.8 Å². The van der Waals surface area contributed by atoms with Crippen molar-refractivity contribution in [3.63, 3.8) is 0 Å². The van der Waals surface area contributed by atoms with Crippen LogP contribution in [0.3, 0.4) is 0 Å². The molecule has 1 aliphatic rings. The predicted octanol–water partition coefficient (Wildman–Crippen LogP) is 5.85. The van der Waals surface area contributed by atoms with Crippen LogP contribution in [0.2, 0.25) is 0 Å². The van der Waals surface area contributed by atoms with E-state index in [2.05, 4.69) is 23.5 Å². The summed E-state index contributed by atoms with van der Waals surface area (Å²) in [5.74, 6) is 1.36. The first kappa shape index (κ1) is 23.9. The molecule has 0 saturated carbocycles. The SMILES string of the molecule is CCCNC(=O)c1ccc(COc2ccc3c(c2)C(c2ccccc2)N(C(=O)c2cccs2)CC3)o1. The smallest absolute Gasteiger partial charge is 0.286 e. The molecule has 0 aliphatic carbocycles. The van der Waals surface area contributed by atoms with Gasteiger partial charge in [-0.05, 0) is 65.2 Å². The molecular formula is C29H28N2O4S. The van der Waals surface area contributed by atoms with Gasteiger partial charge in [0.2, 0.25) is 0 Å². The molecule has 4 aromatic rings. The van der Waals surface area contributed by atoms with Crippen molar-refractivity contribution < 1.29 is 18.7 Å². The Bertz CT molecular complexity index is 1330. The summed E-state index contributed by atoms with van der Waals surface area (Å²) >= 11 is 1.47. The van der Waals surface area contributed by atoms with E-state index >= 15 is 0 Å². The van der Waals surface area contributed by atoms with E-state index in [9.17, 15) is 9.59 Å². The molecule has 0 bridgehead atoms. The third-order valence-electron chi connectivity index (χ3n) is 6.26. The van der Waals surface area contributed by atoms with Crippen LogP contribution in [0, 0.1) is 0 Å². The van der Waals surface area contributed by atoms with E-state index in [1.807, 2.05) is 59.7 Å². The molecule has 0 saturated heterocycles. The molecule has 7 heteroatoms. The summed E-state index contributed by atoms with van der Waals surface area (Å²) in [5, 5.41) is 4.74. The van der Waals surface area contributed by atoms with Crippen molar-refractivity contribution in [2.24, 2.45) is 0 Å².